The van der Waals surface area contributed by atoms with Crippen molar-refractivity contribution in [1.82, 2.24) is 0 Å². The van der Waals surface area contributed by atoms with Gasteiger partial charge < -0.3 is 9.47 Å². The maximum Gasteiger partial charge on any atom is 0.264 e. The van der Waals surface area contributed by atoms with E-state index < -0.39 is 21.7 Å². The summed E-state index contributed by atoms with van der Waals surface area (Å²) in [5.41, 5.74) is 0.957. The lowest BCUT2D eigenvalue weighted by Crippen LogP contribution is -2.31. The van der Waals surface area contributed by atoms with Gasteiger partial charge in [0.1, 0.15) is 23.1 Å². The SMILES string of the molecule is COc1cc(CN(c2cccc(F)c2)S(=O)(=O)c2ccc(F)cc2C)cc(OC)c1. The van der Waals surface area contributed by atoms with E-state index in [-0.39, 0.29) is 22.7 Å². The van der Waals surface area contributed by atoms with Gasteiger partial charge in [-0.1, -0.05) is 6.07 Å². The first-order chi connectivity index (χ1) is 14.2. The van der Waals surface area contributed by atoms with Crippen molar-refractivity contribution in [3.63, 3.8) is 0 Å². The lowest BCUT2D eigenvalue weighted by molar-refractivity contribution is 0.393. The fourth-order valence-electron chi connectivity index (χ4n) is 3.09. The van der Waals surface area contributed by atoms with E-state index in [4.69, 9.17) is 9.47 Å². The van der Waals surface area contributed by atoms with Crippen LogP contribution < -0.4 is 13.8 Å². The van der Waals surface area contributed by atoms with Crippen LogP contribution in [0.25, 0.3) is 0 Å². The van der Waals surface area contributed by atoms with E-state index in [2.05, 4.69) is 0 Å². The van der Waals surface area contributed by atoms with Gasteiger partial charge in [-0.05, 0) is 66.6 Å². The number of hydrogen-bond donors (Lipinski definition) is 0. The predicted molar refractivity (Wildman–Crippen MR) is 110 cm³/mol. The molecule has 0 bridgehead atoms. The van der Waals surface area contributed by atoms with E-state index in [0.29, 0.717) is 17.1 Å². The van der Waals surface area contributed by atoms with Crippen LogP contribution in [0.1, 0.15) is 11.1 Å². The first-order valence-corrected chi connectivity index (χ1v) is 10.4. The third-order valence-electron chi connectivity index (χ3n) is 4.54. The average molecular weight is 433 g/mol. The van der Waals surface area contributed by atoms with Crippen LogP contribution in [0.4, 0.5) is 14.5 Å². The summed E-state index contributed by atoms with van der Waals surface area (Å²) in [5.74, 6) is -0.147. The second-order valence-electron chi connectivity index (χ2n) is 6.62. The summed E-state index contributed by atoms with van der Waals surface area (Å²) < 4.78 is 66.1. The number of ether oxygens (including phenoxy) is 2. The number of hydrogen-bond acceptors (Lipinski definition) is 4. The largest absolute Gasteiger partial charge is 0.497 e. The summed E-state index contributed by atoms with van der Waals surface area (Å²) in [4.78, 5) is -0.0666. The number of anilines is 1. The van der Waals surface area contributed by atoms with Crippen molar-refractivity contribution >= 4 is 15.7 Å². The van der Waals surface area contributed by atoms with Gasteiger partial charge in [0.05, 0.1) is 31.3 Å². The topological polar surface area (TPSA) is 55.8 Å². The Morgan fingerprint density at radius 1 is 0.867 bits per heavy atom. The van der Waals surface area contributed by atoms with Gasteiger partial charge in [0, 0.05) is 6.07 Å². The fourth-order valence-corrected chi connectivity index (χ4v) is 4.74. The van der Waals surface area contributed by atoms with Crippen LogP contribution in [0.3, 0.4) is 0 Å². The molecule has 0 saturated heterocycles. The molecular weight excluding hydrogens is 412 g/mol. The van der Waals surface area contributed by atoms with Crippen LogP contribution in [-0.4, -0.2) is 22.6 Å². The number of halogens is 2. The van der Waals surface area contributed by atoms with Crippen LogP contribution in [0.5, 0.6) is 11.5 Å². The maximum absolute atomic E-state index is 13.9. The summed E-state index contributed by atoms with van der Waals surface area (Å²) in [7, 11) is -1.16. The van der Waals surface area contributed by atoms with Crippen LogP contribution in [0.2, 0.25) is 0 Å². The highest BCUT2D eigenvalue weighted by molar-refractivity contribution is 7.92. The van der Waals surface area contributed by atoms with Crippen molar-refractivity contribution < 1.29 is 26.7 Å². The van der Waals surface area contributed by atoms with Crippen molar-refractivity contribution in [3.8, 4) is 11.5 Å². The highest BCUT2D eigenvalue weighted by Crippen LogP contribution is 2.31. The Hall–Kier alpha value is -3.13. The molecule has 0 atom stereocenters. The Bertz CT molecular complexity index is 1140. The summed E-state index contributed by atoms with van der Waals surface area (Å²) in [6, 6.07) is 13.7. The fraction of sp³-hybridized carbons (Fsp3) is 0.182. The molecule has 158 valence electrons. The third kappa shape index (κ3) is 4.54. The van der Waals surface area contributed by atoms with Gasteiger partial charge in [0.15, 0.2) is 0 Å². The summed E-state index contributed by atoms with van der Waals surface area (Å²) >= 11 is 0. The number of rotatable bonds is 7. The maximum atomic E-state index is 13.9. The van der Waals surface area contributed by atoms with Gasteiger partial charge in [-0.25, -0.2) is 17.2 Å². The Kier molecular flexibility index (Phi) is 6.26. The monoisotopic (exact) mass is 433 g/mol. The van der Waals surface area contributed by atoms with E-state index in [1.165, 1.54) is 45.4 Å². The molecule has 3 rings (SSSR count). The molecule has 0 aromatic heterocycles. The average Bonchev–Trinajstić information content (AvgIpc) is 2.71. The molecule has 0 unspecified atom stereocenters. The first-order valence-electron chi connectivity index (χ1n) is 9.01. The van der Waals surface area contributed by atoms with Gasteiger partial charge in [-0.15, -0.1) is 0 Å². The molecule has 0 spiro atoms. The summed E-state index contributed by atoms with van der Waals surface area (Å²) in [5, 5.41) is 0. The Labute approximate surface area is 174 Å². The van der Waals surface area contributed by atoms with Gasteiger partial charge in [0.2, 0.25) is 0 Å². The number of sulfonamides is 1. The van der Waals surface area contributed by atoms with Crippen LogP contribution in [0.15, 0.2) is 65.6 Å². The van der Waals surface area contributed by atoms with Gasteiger partial charge in [0.25, 0.3) is 10.0 Å². The zero-order valence-electron chi connectivity index (χ0n) is 16.7. The minimum atomic E-state index is -4.14. The summed E-state index contributed by atoms with van der Waals surface area (Å²) in [6.07, 6.45) is 0. The normalized spacial score (nSPS) is 11.2. The molecule has 30 heavy (non-hydrogen) atoms. The molecule has 0 aliphatic carbocycles. The lowest BCUT2D eigenvalue weighted by Gasteiger charge is -2.26. The second kappa shape index (κ2) is 8.71. The number of benzene rings is 3. The van der Waals surface area contributed by atoms with Crippen LogP contribution in [0, 0.1) is 18.6 Å². The standard InChI is InChI=1S/C22H21F2NO4S/c1-15-9-18(24)7-8-22(15)30(26,27)25(19-6-4-5-17(23)12-19)14-16-10-20(28-2)13-21(11-16)29-3/h4-13H,14H2,1-3H3. The minimum absolute atomic E-state index is 0.0666. The summed E-state index contributed by atoms with van der Waals surface area (Å²) in [6.45, 7) is 1.39. The molecule has 0 fully saturated rings. The van der Waals surface area contributed by atoms with E-state index in [1.807, 2.05) is 0 Å². The molecular formula is C22H21F2NO4S. The minimum Gasteiger partial charge on any atom is -0.497 e. The van der Waals surface area contributed by atoms with E-state index in [9.17, 15) is 17.2 Å². The Morgan fingerprint density at radius 2 is 1.50 bits per heavy atom. The van der Waals surface area contributed by atoms with Crippen molar-refractivity contribution in [3.05, 3.63) is 83.4 Å². The Morgan fingerprint density at radius 3 is 2.07 bits per heavy atom. The smallest absolute Gasteiger partial charge is 0.264 e. The van der Waals surface area contributed by atoms with Crippen LogP contribution >= 0.6 is 0 Å². The quantitative estimate of drug-likeness (QED) is 0.543. The van der Waals surface area contributed by atoms with Crippen molar-refractivity contribution in [2.75, 3.05) is 18.5 Å². The highest BCUT2D eigenvalue weighted by atomic mass is 32.2. The zero-order chi connectivity index (χ0) is 21.9. The van der Waals surface area contributed by atoms with Crippen molar-refractivity contribution in [1.29, 1.82) is 0 Å². The molecule has 0 amide bonds. The molecule has 0 aliphatic heterocycles. The Balaban J connectivity index is 2.14. The molecule has 5 nitrogen and oxygen atoms in total. The zero-order valence-corrected chi connectivity index (χ0v) is 17.5. The molecule has 0 heterocycles. The van der Waals surface area contributed by atoms with E-state index >= 15 is 0 Å². The number of aryl methyl sites for hydroxylation is 1. The van der Waals surface area contributed by atoms with Gasteiger partial charge in [-0.2, -0.15) is 0 Å². The molecule has 0 saturated carbocycles. The number of methoxy groups -OCH3 is 2. The van der Waals surface area contributed by atoms with Crippen molar-refractivity contribution in [2.24, 2.45) is 0 Å². The second-order valence-corrected chi connectivity index (χ2v) is 8.45. The predicted octanol–water partition coefficient (Wildman–Crippen LogP) is 4.69. The third-order valence-corrected chi connectivity index (χ3v) is 6.47. The lowest BCUT2D eigenvalue weighted by atomic mass is 10.2. The molecule has 3 aromatic carbocycles. The van der Waals surface area contributed by atoms with Gasteiger partial charge in [-0.3, -0.25) is 4.31 Å². The van der Waals surface area contributed by atoms with E-state index in [1.54, 1.807) is 18.2 Å². The van der Waals surface area contributed by atoms with E-state index in [0.717, 1.165) is 22.5 Å². The first kappa shape index (κ1) is 21.6. The molecule has 3 aromatic rings. The highest BCUT2D eigenvalue weighted by Gasteiger charge is 2.27. The number of nitrogens with zero attached hydrogens (tertiary/aromatic N) is 1. The molecule has 0 N–H and O–H groups in total. The molecule has 8 heteroatoms. The molecule has 0 radical (unpaired) electrons. The van der Waals surface area contributed by atoms with Crippen molar-refractivity contribution in [2.45, 2.75) is 18.4 Å². The van der Waals surface area contributed by atoms with Gasteiger partial charge >= 0.3 is 0 Å². The van der Waals surface area contributed by atoms with Crippen LogP contribution in [-0.2, 0) is 16.6 Å². The molecule has 0 aliphatic rings.